The number of hydrogen-bond acceptors (Lipinski definition) is 13. The predicted octanol–water partition coefficient (Wildman–Crippen LogP) is 0.120. The molecule has 262 valence electrons. The summed E-state index contributed by atoms with van der Waals surface area (Å²) in [5, 5.41) is 63.9. The van der Waals surface area contributed by atoms with E-state index in [1.807, 2.05) is 6.08 Å². The maximum Gasteiger partial charge on any atom is 0.330 e. The molecule has 0 amide bonds. The average Bonchev–Trinajstić information content (AvgIpc) is 3.72. The third-order valence-electron chi connectivity index (χ3n) is 8.58. The standard InChI is InChI=1S/C33H47NO13/c1-18-10-8-6-4-3-5-7-9-11-21(45-32-30(39)28(34)29(38)19(2)44-32)15-25-27(31(40)41)22(36)17-33(42,47-25)16-20(35)14-24-23(46-24)12-13-26(37)43-18/h3-9,11-13,18-25,27-30,32,35-36,38-39,42H,10,14-17,34H2,1-2H3,(H,40,41)/b4-3+,7-5+,8-6-,11-9+,13-12-/t18-,19-,20+,21+,22+,23-,24+,25?,27-,28+,29-,30+,32?,33-/m1/s1. The van der Waals surface area contributed by atoms with Gasteiger partial charge < -0.3 is 60.1 Å². The first-order valence-electron chi connectivity index (χ1n) is 15.9. The second-order valence-corrected chi connectivity index (χ2v) is 12.6. The lowest BCUT2D eigenvalue weighted by Crippen LogP contribution is -2.61. The van der Waals surface area contributed by atoms with E-state index in [1.54, 1.807) is 56.4 Å². The summed E-state index contributed by atoms with van der Waals surface area (Å²) < 4.78 is 28.5. The van der Waals surface area contributed by atoms with Gasteiger partial charge in [0.1, 0.15) is 24.2 Å². The molecule has 14 atom stereocenters. The van der Waals surface area contributed by atoms with E-state index in [1.165, 1.54) is 12.2 Å². The maximum absolute atomic E-state index is 12.3. The molecule has 0 radical (unpaired) electrons. The van der Waals surface area contributed by atoms with E-state index in [4.69, 9.17) is 29.4 Å². The molecule has 0 spiro atoms. The van der Waals surface area contributed by atoms with Gasteiger partial charge in [0.05, 0.1) is 48.8 Å². The Morgan fingerprint density at radius 3 is 2.36 bits per heavy atom. The summed E-state index contributed by atoms with van der Waals surface area (Å²) in [6.45, 7) is 3.34. The molecule has 14 heteroatoms. The minimum atomic E-state index is -2.10. The van der Waals surface area contributed by atoms with Crippen molar-refractivity contribution in [2.75, 3.05) is 0 Å². The van der Waals surface area contributed by atoms with Crippen LogP contribution in [0.5, 0.6) is 0 Å². The predicted molar refractivity (Wildman–Crippen MR) is 165 cm³/mol. The van der Waals surface area contributed by atoms with Gasteiger partial charge in [-0.05, 0) is 19.9 Å². The van der Waals surface area contributed by atoms with E-state index >= 15 is 0 Å². The smallest absolute Gasteiger partial charge is 0.330 e. The lowest BCUT2D eigenvalue weighted by Gasteiger charge is -2.45. The van der Waals surface area contributed by atoms with Gasteiger partial charge in [-0.1, -0.05) is 48.6 Å². The van der Waals surface area contributed by atoms with E-state index in [2.05, 4.69) is 0 Å². The largest absolute Gasteiger partial charge is 0.481 e. The Hall–Kier alpha value is -2.76. The highest BCUT2D eigenvalue weighted by Crippen LogP contribution is 2.39. The number of hydrogen-bond donors (Lipinski definition) is 7. The van der Waals surface area contributed by atoms with Crippen molar-refractivity contribution in [3.8, 4) is 0 Å². The highest BCUT2D eigenvalue weighted by atomic mass is 16.7. The van der Waals surface area contributed by atoms with E-state index in [0.29, 0.717) is 6.42 Å². The molecule has 4 aliphatic heterocycles. The van der Waals surface area contributed by atoms with Crippen LogP contribution in [0.2, 0.25) is 0 Å². The van der Waals surface area contributed by atoms with Crippen molar-refractivity contribution in [2.45, 2.75) is 125 Å². The monoisotopic (exact) mass is 665 g/mol. The fraction of sp³-hybridized carbons (Fsp3) is 0.636. The Labute approximate surface area is 273 Å². The van der Waals surface area contributed by atoms with Crippen molar-refractivity contribution < 1.29 is 63.9 Å². The lowest BCUT2D eigenvalue weighted by atomic mass is 9.83. The number of epoxide rings is 1. The zero-order valence-corrected chi connectivity index (χ0v) is 26.4. The SMILES string of the molecule is C[C@@H]1C\C=C/C=C/C=C/C=C/[C@H](OC2O[C@H](C)[C@@H](O)[C@H](N)[C@@H]2O)CC2O[C@](O)(C[C@@H](O)C[C@@H]3O[C@@H]3/C=C\C(=O)O1)C[C@H](O)[C@H]2C(=O)O. The third-order valence-corrected chi connectivity index (χ3v) is 8.58. The number of ether oxygens (including phenoxy) is 5. The molecule has 4 rings (SSSR count). The zero-order valence-electron chi connectivity index (χ0n) is 26.4. The van der Waals surface area contributed by atoms with Crippen LogP contribution < -0.4 is 5.73 Å². The minimum Gasteiger partial charge on any atom is -0.481 e. The summed E-state index contributed by atoms with van der Waals surface area (Å²) in [5.41, 5.74) is 5.98. The molecule has 14 nitrogen and oxygen atoms in total. The summed E-state index contributed by atoms with van der Waals surface area (Å²) in [5.74, 6) is -5.45. The van der Waals surface area contributed by atoms with Gasteiger partial charge in [0.15, 0.2) is 12.1 Å². The van der Waals surface area contributed by atoms with Gasteiger partial charge in [0.2, 0.25) is 0 Å². The first-order valence-corrected chi connectivity index (χ1v) is 15.9. The molecule has 2 bridgehead atoms. The van der Waals surface area contributed by atoms with Crippen molar-refractivity contribution in [1.29, 1.82) is 0 Å². The van der Waals surface area contributed by atoms with Crippen LogP contribution in [0.1, 0.15) is 46.0 Å². The minimum absolute atomic E-state index is 0.0789. The van der Waals surface area contributed by atoms with E-state index in [9.17, 15) is 40.2 Å². The molecule has 3 fully saturated rings. The normalized spacial score (nSPS) is 47.2. The number of nitrogens with two attached hydrogens (primary N) is 1. The number of carbonyl (C=O) groups is 2. The highest BCUT2D eigenvalue weighted by Gasteiger charge is 2.51. The van der Waals surface area contributed by atoms with Crippen LogP contribution in [-0.4, -0.2) is 122 Å². The van der Waals surface area contributed by atoms with Crippen LogP contribution in [0.15, 0.2) is 60.8 Å². The number of rotatable bonds is 3. The molecule has 0 aliphatic carbocycles. The van der Waals surface area contributed by atoms with E-state index < -0.39 is 97.3 Å². The second kappa shape index (κ2) is 16.6. The topological polar surface area (TPSA) is 231 Å². The van der Waals surface area contributed by atoms with Gasteiger partial charge in [-0.3, -0.25) is 4.79 Å². The summed E-state index contributed by atoms with van der Waals surface area (Å²) in [4.78, 5) is 24.4. The maximum atomic E-state index is 12.3. The number of aliphatic hydroxyl groups is 5. The molecule has 2 unspecified atom stereocenters. The van der Waals surface area contributed by atoms with Gasteiger partial charge >= 0.3 is 11.9 Å². The second-order valence-electron chi connectivity index (χ2n) is 12.6. The number of aliphatic carboxylic acids is 1. The summed E-state index contributed by atoms with van der Waals surface area (Å²) in [6.07, 6.45) is 5.25. The van der Waals surface area contributed by atoms with Crippen LogP contribution in [-0.2, 0) is 33.3 Å². The Kier molecular flexibility index (Phi) is 13.1. The molecule has 3 saturated heterocycles. The molecule has 4 aliphatic rings. The number of carbonyl (C=O) groups excluding carboxylic acids is 1. The van der Waals surface area contributed by atoms with Crippen LogP contribution in [0.3, 0.4) is 0 Å². The summed E-state index contributed by atoms with van der Waals surface area (Å²) in [6, 6.07) is -1.08. The number of allylic oxidation sites excluding steroid dienone is 6. The average molecular weight is 666 g/mol. The Bertz CT molecular complexity index is 1220. The number of fused-ring (bicyclic) bond motifs is 3. The van der Waals surface area contributed by atoms with Crippen LogP contribution in [0.4, 0.5) is 0 Å². The van der Waals surface area contributed by atoms with Crippen LogP contribution in [0.25, 0.3) is 0 Å². The fourth-order valence-electron chi connectivity index (χ4n) is 6.00. The van der Waals surface area contributed by atoms with Gasteiger partial charge in [-0.15, -0.1) is 0 Å². The van der Waals surface area contributed by atoms with Gasteiger partial charge in [-0.2, -0.15) is 0 Å². The van der Waals surface area contributed by atoms with Gasteiger partial charge in [0.25, 0.3) is 0 Å². The van der Waals surface area contributed by atoms with E-state index in [-0.39, 0.29) is 25.4 Å². The molecule has 0 aromatic rings. The van der Waals surface area contributed by atoms with Crippen molar-refractivity contribution in [2.24, 2.45) is 11.7 Å². The van der Waals surface area contributed by atoms with Crippen LogP contribution >= 0.6 is 0 Å². The Morgan fingerprint density at radius 1 is 0.936 bits per heavy atom. The highest BCUT2D eigenvalue weighted by molar-refractivity contribution is 5.82. The molecular formula is C33H47NO13. The number of esters is 1. The summed E-state index contributed by atoms with van der Waals surface area (Å²) >= 11 is 0. The fourth-order valence-corrected chi connectivity index (χ4v) is 6.00. The molecule has 0 aromatic carbocycles. The van der Waals surface area contributed by atoms with Crippen molar-refractivity contribution >= 4 is 11.9 Å². The first-order chi connectivity index (χ1) is 22.3. The molecule has 0 saturated carbocycles. The Morgan fingerprint density at radius 2 is 1.64 bits per heavy atom. The van der Waals surface area contributed by atoms with Crippen molar-refractivity contribution in [3.05, 3.63) is 60.8 Å². The number of carboxylic acid groups (broad SMARTS) is 1. The summed E-state index contributed by atoms with van der Waals surface area (Å²) in [7, 11) is 0. The van der Waals surface area contributed by atoms with Crippen molar-refractivity contribution in [1.82, 2.24) is 0 Å². The molecule has 0 aromatic heterocycles. The lowest BCUT2D eigenvalue weighted by molar-refractivity contribution is -0.308. The van der Waals surface area contributed by atoms with Crippen molar-refractivity contribution in [3.63, 3.8) is 0 Å². The molecule has 4 heterocycles. The number of aliphatic hydroxyl groups excluding tert-OH is 4. The van der Waals surface area contributed by atoms with E-state index in [0.717, 1.165) is 0 Å². The zero-order chi connectivity index (χ0) is 34.3. The first kappa shape index (κ1) is 37.1. The quantitative estimate of drug-likeness (QED) is 0.157. The van der Waals surface area contributed by atoms with Crippen LogP contribution in [0, 0.1) is 5.92 Å². The third kappa shape index (κ3) is 10.6. The number of carboxylic acids is 1. The molecule has 8 N–H and O–H groups in total. The van der Waals surface area contributed by atoms with Gasteiger partial charge in [-0.25, -0.2) is 4.79 Å². The number of cyclic esters (lactones) is 1. The Balaban J connectivity index is 1.58. The van der Waals surface area contributed by atoms with Gasteiger partial charge in [0, 0.05) is 38.2 Å². The molecule has 47 heavy (non-hydrogen) atoms. The molecular weight excluding hydrogens is 618 g/mol.